The Balaban J connectivity index is 1.39. The SMILES string of the molecule is O=C1OC2(CCN(C(=O)C3(c4ccccc4F)CCOCC3)C2)CN1c1ccccc1. The highest BCUT2D eigenvalue weighted by molar-refractivity contribution is 5.91. The van der Waals surface area contributed by atoms with Gasteiger partial charge in [-0.1, -0.05) is 36.4 Å². The molecule has 3 heterocycles. The van der Waals surface area contributed by atoms with E-state index in [1.165, 1.54) is 6.07 Å². The van der Waals surface area contributed by atoms with Crippen molar-refractivity contribution in [2.45, 2.75) is 30.3 Å². The number of nitrogens with zero attached hydrogens (tertiary/aromatic N) is 2. The molecule has 31 heavy (non-hydrogen) atoms. The van der Waals surface area contributed by atoms with Crippen molar-refractivity contribution in [1.82, 2.24) is 4.90 Å². The Morgan fingerprint density at radius 3 is 2.39 bits per heavy atom. The number of hydrogen-bond acceptors (Lipinski definition) is 4. The van der Waals surface area contributed by atoms with E-state index in [0.29, 0.717) is 57.7 Å². The molecule has 0 aromatic heterocycles. The van der Waals surface area contributed by atoms with Gasteiger partial charge >= 0.3 is 6.09 Å². The average Bonchev–Trinajstić information content (AvgIpc) is 3.37. The van der Waals surface area contributed by atoms with Crippen LogP contribution in [0.15, 0.2) is 54.6 Å². The molecular formula is C24H25FN2O4. The Bertz CT molecular complexity index is 992. The Morgan fingerprint density at radius 1 is 0.935 bits per heavy atom. The number of amides is 2. The van der Waals surface area contributed by atoms with Gasteiger partial charge < -0.3 is 14.4 Å². The summed E-state index contributed by atoms with van der Waals surface area (Å²) in [7, 11) is 0. The minimum absolute atomic E-state index is 0.105. The number of anilines is 1. The van der Waals surface area contributed by atoms with E-state index in [4.69, 9.17) is 9.47 Å². The summed E-state index contributed by atoms with van der Waals surface area (Å²) < 4.78 is 26.1. The van der Waals surface area contributed by atoms with Gasteiger partial charge in [-0.05, 0) is 31.0 Å². The molecule has 7 heteroatoms. The molecule has 2 aromatic carbocycles. The average molecular weight is 424 g/mol. The molecule has 0 bridgehead atoms. The number of carbonyl (C=O) groups is 2. The largest absolute Gasteiger partial charge is 0.439 e. The van der Waals surface area contributed by atoms with Crippen LogP contribution in [-0.2, 0) is 19.7 Å². The van der Waals surface area contributed by atoms with Crippen LogP contribution in [-0.4, -0.2) is 55.3 Å². The van der Waals surface area contributed by atoms with E-state index in [9.17, 15) is 14.0 Å². The van der Waals surface area contributed by atoms with E-state index in [2.05, 4.69) is 0 Å². The number of carbonyl (C=O) groups excluding carboxylic acids is 2. The molecule has 1 atom stereocenters. The predicted octanol–water partition coefficient (Wildman–Crippen LogP) is 3.50. The lowest BCUT2D eigenvalue weighted by Gasteiger charge is -2.39. The molecular weight excluding hydrogens is 399 g/mol. The van der Waals surface area contributed by atoms with Crippen molar-refractivity contribution in [2.24, 2.45) is 0 Å². The first-order valence-corrected chi connectivity index (χ1v) is 10.7. The quantitative estimate of drug-likeness (QED) is 0.757. The predicted molar refractivity (Wildman–Crippen MR) is 112 cm³/mol. The van der Waals surface area contributed by atoms with Crippen LogP contribution in [0.2, 0.25) is 0 Å². The number of hydrogen-bond donors (Lipinski definition) is 0. The number of ether oxygens (including phenoxy) is 2. The van der Waals surface area contributed by atoms with Crippen molar-refractivity contribution >= 4 is 17.7 Å². The monoisotopic (exact) mass is 424 g/mol. The zero-order chi connectivity index (χ0) is 21.5. The maximum Gasteiger partial charge on any atom is 0.415 e. The third kappa shape index (κ3) is 3.37. The fraction of sp³-hybridized carbons (Fsp3) is 0.417. The van der Waals surface area contributed by atoms with E-state index in [0.717, 1.165) is 5.69 Å². The molecule has 0 N–H and O–H groups in total. The summed E-state index contributed by atoms with van der Waals surface area (Å²) in [6.07, 6.45) is 1.05. The molecule has 6 nitrogen and oxygen atoms in total. The molecule has 2 amide bonds. The molecule has 0 saturated carbocycles. The molecule has 1 unspecified atom stereocenters. The highest BCUT2D eigenvalue weighted by atomic mass is 19.1. The lowest BCUT2D eigenvalue weighted by molar-refractivity contribution is -0.141. The van der Waals surface area contributed by atoms with Gasteiger partial charge in [-0.15, -0.1) is 0 Å². The first-order valence-electron chi connectivity index (χ1n) is 10.7. The van der Waals surface area contributed by atoms with Crippen molar-refractivity contribution in [3.63, 3.8) is 0 Å². The third-order valence-electron chi connectivity index (χ3n) is 6.79. The van der Waals surface area contributed by atoms with Crippen molar-refractivity contribution < 1.29 is 23.5 Å². The zero-order valence-corrected chi connectivity index (χ0v) is 17.3. The molecule has 2 aromatic rings. The molecule has 162 valence electrons. The normalized spacial score (nSPS) is 25.1. The lowest BCUT2D eigenvalue weighted by atomic mass is 9.72. The summed E-state index contributed by atoms with van der Waals surface area (Å²) in [6.45, 7) is 2.02. The molecule has 3 saturated heterocycles. The smallest absolute Gasteiger partial charge is 0.415 e. The van der Waals surface area contributed by atoms with E-state index in [-0.39, 0.29) is 11.7 Å². The summed E-state index contributed by atoms with van der Waals surface area (Å²) >= 11 is 0. The first kappa shape index (κ1) is 20.0. The van der Waals surface area contributed by atoms with Crippen molar-refractivity contribution in [2.75, 3.05) is 37.7 Å². The standard InChI is InChI=1S/C24H25FN2O4/c25-20-9-5-4-8-19(20)24(11-14-30-15-12-24)21(28)26-13-10-23(16-26)17-27(22(29)31-23)18-6-2-1-3-7-18/h1-9H,10-17H2. The van der Waals surface area contributed by atoms with Crippen LogP contribution in [0.5, 0.6) is 0 Å². The number of rotatable bonds is 3. The second kappa shape index (κ2) is 7.64. The fourth-order valence-corrected chi connectivity index (χ4v) is 5.13. The van der Waals surface area contributed by atoms with E-state index >= 15 is 0 Å². The first-order chi connectivity index (χ1) is 15.0. The Kier molecular flexibility index (Phi) is 4.93. The fourth-order valence-electron chi connectivity index (χ4n) is 5.13. The van der Waals surface area contributed by atoms with Gasteiger partial charge in [-0.25, -0.2) is 9.18 Å². The molecule has 1 spiro atoms. The number of halogens is 1. The maximum atomic E-state index is 14.8. The minimum atomic E-state index is -0.948. The van der Waals surface area contributed by atoms with Crippen LogP contribution in [0.1, 0.15) is 24.8 Å². The molecule has 3 aliphatic heterocycles. The zero-order valence-electron chi connectivity index (χ0n) is 17.3. The summed E-state index contributed by atoms with van der Waals surface area (Å²) in [6, 6.07) is 15.9. The van der Waals surface area contributed by atoms with Crippen LogP contribution in [0, 0.1) is 5.82 Å². The molecule has 3 fully saturated rings. The molecule has 0 radical (unpaired) electrons. The van der Waals surface area contributed by atoms with Gasteiger partial charge in [-0.3, -0.25) is 9.69 Å². The van der Waals surface area contributed by atoms with Gasteiger partial charge in [0.2, 0.25) is 5.91 Å². The highest BCUT2D eigenvalue weighted by Gasteiger charge is 2.54. The van der Waals surface area contributed by atoms with Gasteiger partial charge in [0.25, 0.3) is 0 Å². The number of likely N-dealkylation sites (tertiary alicyclic amines) is 1. The summed E-state index contributed by atoms with van der Waals surface area (Å²) in [5.41, 5.74) is -0.471. The van der Waals surface area contributed by atoms with Crippen LogP contribution in [0.3, 0.4) is 0 Å². The van der Waals surface area contributed by atoms with Crippen LogP contribution >= 0.6 is 0 Å². The summed E-state index contributed by atoms with van der Waals surface area (Å²) in [5, 5.41) is 0. The number of benzene rings is 2. The Hall–Kier alpha value is -2.93. The van der Waals surface area contributed by atoms with Gasteiger partial charge in [-0.2, -0.15) is 0 Å². The number of para-hydroxylation sites is 1. The van der Waals surface area contributed by atoms with E-state index in [1.807, 2.05) is 30.3 Å². The third-order valence-corrected chi connectivity index (χ3v) is 6.79. The van der Waals surface area contributed by atoms with Crippen LogP contribution in [0.4, 0.5) is 14.9 Å². The maximum absolute atomic E-state index is 14.8. The Morgan fingerprint density at radius 2 is 1.65 bits per heavy atom. The topological polar surface area (TPSA) is 59.1 Å². The van der Waals surface area contributed by atoms with Crippen molar-refractivity contribution in [1.29, 1.82) is 0 Å². The van der Waals surface area contributed by atoms with E-state index < -0.39 is 17.1 Å². The molecule has 3 aliphatic rings. The van der Waals surface area contributed by atoms with Gasteiger partial charge in [0, 0.05) is 37.4 Å². The van der Waals surface area contributed by atoms with Gasteiger partial charge in [0.1, 0.15) is 5.82 Å². The van der Waals surface area contributed by atoms with Gasteiger partial charge in [0.15, 0.2) is 5.60 Å². The van der Waals surface area contributed by atoms with Crippen molar-refractivity contribution in [3.8, 4) is 0 Å². The Labute approximate surface area is 180 Å². The summed E-state index contributed by atoms with van der Waals surface area (Å²) in [4.78, 5) is 29.7. The van der Waals surface area contributed by atoms with Crippen molar-refractivity contribution in [3.05, 3.63) is 66.0 Å². The highest BCUT2D eigenvalue weighted by Crippen LogP contribution is 2.41. The lowest BCUT2D eigenvalue weighted by Crippen LogP contribution is -2.51. The van der Waals surface area contributed by atoms with Crippen LogP contribution < -0.4 is 4.90 Å². The van der Waals surface area contributed by atoms with Gasteiger partial charge in [0.05, 0.1) is 18.5 Å². The van der Waals surface area contributed by atoms with Crippen LogP contribution in [0.25, 0.3) is 0 Å². The molecule has 0 aliphatic carbocycles. The minimum Gasteiger partial charge on any atom is -0.439 e. The second-order valence-electron chi connectivity index (χ2n) is 8.62. The molecule has 5 rings (SSSR count). The van der Waals surface area contributed by atoms with E-state index in [1.54, 1.807) is 28.0 Å². The summed E-state index contributed by atoms with van der Waals surface area (Å²) in [5.74, 6) is -0.471. The second-order valence-corrected chi connectivity index (χ2v) is 8.62.